The van der Waals surface area contributed by atoms with E-state index >= 15 is 0 Å². The van der Waals surface area contributed by atoms with Crippen LogP contribution in [0, 0.1) is 0 Å². The van der Waals surface area contributed by atoms with Gasteiger partial charge >= 0.3 is 0 Å². The molecule has 0 radical (unpaired) electrons. The van der Waals surface area contributed by atoms with Crippen LogP contribution >= 0.6 is 12.4 Å². The Balaban J connectivity index is 0.00000600. The molecular weight excluding hydrogens is 610 g/mol. The Kier molecular flexibility index (Phi) is 15.0. The van der Waals surface area contributed by atoms with Gasteiger partial charge in [-0.25, -0.2) is 0 Å². The third kappa shape index (κ3) is 9.71. The number of halogens is 1. The molecule has 0 saturated heterocycles. The molecule has 0 saturated carbocycles. The van der Waals surface area contributed by atoms with Crippen LogP contribution < -0.4 is 0 Å². The number of carbonyl (C=O) groups is 3. The Labute approximate surface area is 286 Å². The second-order valence-electron chi connectivity index (χ2n) is 12.4. The standard InChI is InChI=1S/C38H51N5O3.ClH/c1-6-10-15-31-25-33-26-32(38(46)42(9-4)27-34-36(44)28(5)39-40-34)20-24-43(33)35(31)37(45)30-18-16-29(17-19-30)14-13-23-41(21-11-7-2)22-12-8-3;/h16-20,24-26H,6-15,21-23,27H2,1-5H3;1H. The van der Waals surface area contributed by atoms with E-state index in [-0.39, 0.29) is 42.1 Å². The summed E-state index contributed by atoms with van der Waals surface area (Å²) in [6.45, 7) is 14.1. The predicted octanol–water partition coefficient (Wildman–Crippen LogP) is 7.63. The minimum Gasteiger partial charge on any atom is -0.333 e. The minimum atomic E-state index is -0.221. The smallest absolute Gasteiger partial charge is 0.254 e. The van der Waals surface area contributed by atoms with Crippen molar-refractivity contribution in [3.8, 4) is 0 Å². The molecule has 3 aromatic rings. The summed E-state index contributed by atoms with van der Waals surface area (Å²) in [4.78, 5) is 44.0. The van der Waals surface area contributed by atoms with E-state index in [0.29, 0.717) is 29.1 Å². The van der Waals surface area contributed by atoms with Gasteiger partial charge in [-0.05, 0) is 101 Å². The van der Waals surface area contributed by atoms with Crippen molar-refractivity contribution in [1.82, 2.24) is 14.2 Å². The van der Waals surface area contributed by atoms with Gasteiger partial charge < -0.3 is 14.2 Å². The van der Waals surface area contributed by atoms with Gasteiger partial charge in [-0.1, -0.05) is 64.3 Å². The third-order valence-electron chi connectivity index (χ3n) is 8.85. The Morgan fingerprint density at radius 1 is 0.787 bits per heavy atom. The second kappa shape index (κ2) is 18.6. The summed E-state index contributed by atoms with van der Waals surface area (Å²) < 4.78 is 1.91. The minimum absolute atomic E-state index is 0. The lowest BCUT2D eigenvalue weighted by atomic mass is 10.00. The summed E-state index contributed by atoms with van der Waals surface area (Å²) in [6, 6.07) is 13.7. The number of benzene rings is 1. The number of carbonyl (C=O) groups excluding carboxylic acids is 3. The zero-order valence-corrected chi connectivity index (χ0v) is 29.7. The molecule has 254 valence electrons. The van der Waals surface area contributed by atoms with Crippen LogP contribution in [-0.4, -0.2) is 75.8 Å². The highest BCUT2D eigenvalue weighted by atomic mass is 35.5. The van der Waals surface area contributed by atoms with Gasteiger partial charge in [0.05, 0.1) is 12.2 Å². The maximum absolute atomic E-state index is 14.0. The van der Waals surface area contributed by atoms with Crippen molar-refractivity contribution < 1.29 is 14.4 Å². The van der Waals surface area contributed by atoms with E-state index in [1.165, 1.54) is 44.3 Å². The largest absolute Gasteiger partial charge is 0.333 e. The SMILES string of the molecule is CCCCc1cc2cc(C(=O)N(CC)CC3=NN=C(C)C3=O)ccn2c1C(=O)c1ccc(CCCN(CCCC)CCCC)cc1.Cl. The van der Waals surface area contributed by atoms with E-state index < -0.39 is 0 Å². The molecule has 4 rings (SSSR count). The normalized spacial score (nSPS) is 12.8. The van der Waals surface area contributed by atoms with Crippen LogP contribution in [0.2, 0.25) is 0 Å². The van der Waals surface area contributed by atoms with Crippen molar-refractivity contribution in [3.05, 3.63) is 76.6 Å². The fraction of sp³-hybridized carbons (Fsp3) is 0.500. The second-order valence-corrected chi connectivity index (χ2v) is 12.4. The van der Waals surface area contributed by atoms with Gasteiger partial charge in [-0.2, -0.15) is 5.10 Å². The Morgan fingerprint density at radius 2 is 1.45 bits per heavy atom. The lowest BCUT2D eigenvalue weighted by Gasteiger charge is -2.21. The fourth-order valence-corrected chi connectivity index (χ4v) is 5.97. The van der Waals surface area contributed by atoms with E-state index in [4.69, 9.17) is 0 Å². The van der Waals surface area contributed by atoms with Crippen LogP contribution in [0.1, 0.15) is 117 Å². The number of aromatic nitrogens is 1. The molecule has 1 aliphatic rings. The van der Waals surface area contributed by atoms with Crippen molar-refractivity contribution in [2.45, 2.75) is 92.4 Å². The summed E-state index contributed by atoms with van der Waals surface area (Å²) >= 11 is 0. The highest BCUT2D eigenvalue weighted by Crippen LogP contribution is 2.24. The molecule has 0 bridgehead atoms. The zero-order valence-electron chi connectivity index (χ0n) is 28.9. The van der Waals surface area contributed by atoms with Crippen LogP contribution in [0.5, 0.6) is 0 Å². The third-order valence-corrected chi connectivity index (χ3v) is 8.85. The predicted molar refractivity (Wildman–Crippen MR) is 195 cm³/mol. The van der Waals surface area contributed by atoms with E-state index in [2.05, 4.69) is 48.0 Å². The first-order valence-electron chi connectivity index (χ1n) is 17.3. The van der Waals surface area contributed by atoms with Crippen LogP contribution in [-0.2, 0) is 17.6 Å². The van der Waals surface area contributed by atoms with Gasteiger partial charge in [0.1, 0.15) is 11.4 Å². The van der Waals surface area contributed by atoms with Gasteiger partial charge in [0, 0.05) is 29.4 Å². The number of aryl methyl sites for hydroxylation is 2. The Bertz CT molecular complexity index is 1570. The summed E-state index contributed by atoms with van der Waals surface area (Å²) in [5, 5.41) is 7.83. The quantitative estimate of drug-likeness (QED) is 0.124. The number of unbranched alkanes of at least 4 members (excludes halogenated alkanes) is 3. The molecule has 1 aromatic carbocycles. The summed E-state index contributed by atoms with van der Waals surface area (Å²) in [7, 11) is 0. The number of Topliss-reactive ketones (excluding diaryl/α,β-unsaturated/α-hetero) is 1. The van der Waals surface area contributed by atoms with Gasteiger partial charge in [0.25, 0.3) is 5.91 Å². The lowest BCUT2D eigenvalue weighted by Crippen LogP contribution is -2.38. The number of fused-ring (bicyclic) bond motifs is 1. The number of ketones is 2. The fourth-order valence-electron chi connectivity index (χ4n) is 5.97. The number of pyridine rings is 1. The van der Waals surface area contributed by atoms with Gasteiger partial charge in [0.15, 0.2) is 0 Å². The molecule has 8 nitrogen and oxygen atoms in total. The molecule has 0 spiro atoms. The Hall–Kier alpha value is -3.62. The molecule has 0 atom stereocenters. The number of hydrogen-bond donors (Lipinski definition) is 0. The highest BCUT2D eigenvalue weighted by molar-refractivity contribution is 6.68. The molecule has 2 aromatic heterocycles. The molecule has 0 unspecified atom stereocenters. The van der Waals surface area contributed by atoms with Gasteiger partial charge in [0.2, 0.25) is 11.6 Å². The molecule has 0 N–H and O–H groups in total. The topological polar surface area (TPSA) is 86.8 Å². The van der Waals surface area contributed by atoms with E-state index in [0.717, 1.165) is 49.7 Å². The molecule has 1 amide bonds. The van der Waals surface area contributed by atoms with Crippen LogP contribution in [0.4, 0.5) is 0 Å². The van der Waals surface area contributed by atoms with Crippen LogP contribution in [0.25, 0.3) is 5.52 Å². The van der Waals surface area contributed by atoms with Gasteiger partial charge in [-0.3, -0.25) is 14.4 Å². The molecular formula is C38H52ClN5O3. The van der Waals surface area contributed by atoms with E-state index in [1.807, 2.05) is 41.8 Å². The molecule has 1 aliphatic heterocycles. The first-order valence-corrected chi connectivity index (χ1v) is 17.3. The zero-order chi connectivity index (χ0) is 33.1. The lowest BCUT2D eigenvalue weighted by molar-refractivity contribution is -0.107. The van der Waals surface area contributed by atoms with Crippen molar-refractivity contribution in [2.75, 3.05) is 32.7 Å². The average molecular weight is 662 g/mol. The van der Waals surface area contributed by atoms with Crippen molar-refractivity contribution in [2.24, 2.45) is 10.2 Å². The van der Waals surface area contributed by atoms with Gasteiger partial charge in [-0.15, -0.1) is 17.5 Å². The summed E-state index contributed by atoms with van der Waals surface area (Å²) in [6.07, 6.45) is 11.6. The average Bonchev–Trinajstić information content (AvgIpc) is 3.60. The number of amides is 1. The maximum Gasteiger partial charge on any atom is 0.254 e. The molecule has 9 heteroatoms. The van der Waals surface area contributed by atoms with E-state index in [1.54, 1.807) is 17.9 Å². The summed E-state index contributed by atoms with van der Waals surface area (Å²) in [5.41, 5.74) is 5.50. The highest BCUT2D eigenvalue weighted by Gasteiger charge is 2.26. The van der Waals surface area contributed by atoms with Crippen LogP contribution in [0.15, 0.2) is 58.9 Å². The van der Waals surface area contributed by atoms with Crippen molar-refractivity contribution in [3.63, 3.8) is 0 Å². The Morgan fingerprint density at radius 3 is 2.04 bits per heavy atom. The summed E-state index contributed by atoms with van der Waals surface area (Å²) in [5.74, 6) is -0.421. The monoisotopic (exact) mass is 661 g/mol. The number of nitrogens with zero attached hydrogens (tertiary/aromatic N) is 5. The molecule has 0 fully saturated rings. The molecule has 47 heavy (non-hydrogen) atoms. The molecule has 0 aliphatic carbocycles. The molecule has 3 heterocycles. The van der Waals surface area contributed by atoms with Crippen LogP contribution in [0.3, 0.4) is 0 Å². The first-order chi connectivity index (χ1) is 22.3. The van der Waals surface area contributed by atoms with E-state index in [9.17, 15) is 14.4 Å². The maximum atomic E-state index is 14.0. The number of rotatable bonds is 19. The first kappa shape index (κ1) is 37.8. The van der Waals surface area contributed by atoms with Crippen molar-refractivity contribution >= 4 is 46.8 Å². The van der Waals surface area contributed by atoms with Crippen molar-refractivity contribution in [1.29, 1.82) is 0 Å². The number of hydrogen-bond acceptors (Lipinski definition) is 6.